The highest BCUT2D eigenvalue weighted by atomic mass is 19.1. The number of aromatic hydroxyl groups is 1. The number of aromatic nitrogens is 2. The number of ketones is 1. The molecule has 1 heterocycles. The number of hydrogen-bond acceptors (Lipinski definition) is 7. The lowest BCUT2D eigenvalue weighted by molar-refractivity contribution is -0.119. The van der Waals surface area contributed by atoms with Crippen molar-refractivity contribution in [3.05, 3.63) is 62.2 Å². The summed E-state index contributed by atoms with van der Waals surface area (Å²) in [6, 6.07) is 2.83. The van der Waals surface area contributed by atoms with Crippen molar-refractivity contribution in [2.24, 2.45) is 11.1 Å². The maximum absolute atomic E-state index is 13.5. The molecule has 1 aromatic heterocycles. The Balaban J connectivity index is 2.61. The van der Waals surface area contributed by atoms with E-state index in [0.717, 1.165) is 29.0 Å². The summed E-state index contributed by atoms with van der Waals surface area (Å²) >= 11 is 0. The molecule has 0 unspecified atom stereocenters. The first kappa shape index (κ1) is 24.5. The van der Waals surface area contributed by atoms with Crippen LogP contribution in [0.15, 0.2) is 39.1 Å². The lowest BCUT2D eigenvalue weighted by Crippen LogP contribution is -2.49. The van der Waals surface area contributed by atoms with Crippen molar-refractivity contribution in [3.63, 3.8) is 0 Å². The molecule has 0 radical (unpaired) electrons. The zero-order chi connectivity index (χ0) is 24.2. The van der Waals surface area contributed by atoms with Crippen LogP contribution in [0.3, 0.4) is 0 Å². The first-order chi connectivity index (χ1) is 14.9. The molecule has 0 atom stereocenters. The van der Waals surface area contributed by atoms with Crippen molar-refractivity contribution >= 4 is 17.4 Å². The largest absolute Gasteiger partial charge is 0.507 e. The van der Waals surface area contributed by atoms with Gasteiger partial charge in [-0.2, -0.15) is 4.68 Å². The molecule has 2 rings (SSSR count). The van der Waals surface area contributed by atoms with E-state index in [1.807, 2.05) is 0 Å². The summed E-state index contributed by atoms with van der Waals surface area (Å²) < 4.78 is 14.9. The van der Waals surface area contributed by atoms with Gasteiger partial charge in [0.1, 0.15) is 17.7 Å². The Kier molecular flexibility index (Phi) is 7.68. The van der Waals surface area contributed by atoms with E-state index in [-0.39, 0.29) is 22.9 Å². The van der Waals surface area contributed by atoms with E-state index in [0.29, 0.717) is 4.68 Å². The van der Waals surface area contributed by atoms with E-state index in [4.69, 9.17) is 4.84 Å². The predicted molar refractivity (Wildman–Crippen MR) is 115 cm³/mol. The Morgan fingerprint density at radius 1 is 1.19 bits per heavy atom. The fourth-order valence-electron chi connectivity index (χ4n) is 2.51. The van der Waals surface area contributed by atoms with Gasteiger partial charge in [0.15, 0.2) is 5.78 Å². The highest BCUT2D eigenvalue weighted by Crippen LogP contribution is 2.18. The number of nitrogens with zero attached hydrogens (tertiary/aromatic N) is 3. The number of amides is 1. The molecular formula is C21H25FN4O6. The van der Waals surface area contributed by atoms with Crippen LogP contribution in [0.5, 0.6) is 5.75 Å². The highest BCUT2D eigenvalue weighted by molar-refractivity contribution is 5.99. The second-order valence-corrected chi connectivity index (χ2v) is 7.64. The maximum atomic E-state index is 13.5. The van der Waals surface area contributed by atoms with Crippen molar-refractivity contribution in [1.82, 2.24) is 9.24 Å². The maximum Gasteiger partial charge on any atom is 0.350 e. The second-order valence-electron chi connectivity index (χ2n) is 7.64. The number of carbonyl (C=O) groups is 2. The molecule has 1 amide bonds. The average molecular weight is 448 g/mol. The van der Waals surface area contributed by atoms with Crippen LogP contribution in [0.1, 0.15) is 50.5 Å². The molecule has 0 aliphatic carbocycles. The Bertz CT molecular complexity index is 1180. The summed E-state index contributed by atoms with van der Waals surface area (Å²) in [7, 11) is 0. The summed E-state index contributed by atoms with van der Waals surface area (Å²) in [4.78, 5) is 55.6. The predicted octanol–water partition coefficient (Wildman–Crippen LogP) is 1.61. The van der Waals surface area contributed by atoms with Crippen LogP contribution in [0.25, 0.3) is 0 Å². The number of Topliss-reactive ketones (excluding diaryl/α,β-unsaturated/α-hetero) is 1. The smallest absolute Gasteiger partial charge is 0.350 e. The van der Waals surface area contributed by atoms with Gasteiger partial charge in [0.05, 0.1) is 23.4 Å². The highest BCUT2D eigenvalue weighted by Gasteiger charge is 2.20. The number of phenols is 1. The molecule has 172 valence electrons. The molecule has 0 saturated heterocycles. The summed E-state index contributed by atoms with van der Waals surface area (Å²) in [5.74, 6) is -3.14. The van der Waals surface area contributed by atoms with Crippen molar-refractivity contribution < 1.29 is 23.9 Å². The molecule has 32 heavy (non-hydrogen) atoms. The normalized spacial score (nSPS) is 11.7. The number of carbonyl (C=O) groups excluding carboxylic acids is 2. The molecule has 11 heteroatoms. The van der Waals surface area contributed by atoms with E-state index in [1.54, 1.807) is 27.7 Å². The SMILES string of the molecule is C/C(=N\OC(C)C)c1cn(CC(=O)c2cc(F)ccc2O)c(=O)n(NC(=O)C(C)C)c1=O. The summed E-state index contributed by atoms with van der Waals surface area (Å²) in [6.07, 6.45) is 0.815. The van der Waals surface area contributed by atoms with E-state index in [9.17, 15) is 28.7 Å². The minimum absolute atomic E-state index is 0.103. The zero-order valence-corrected chi connectivity index (χ0v) is 18.4. The molecular weight excluding hydrogens is 423 g/mol. The minimum atomic E-state index is -1.01. The van der Waals surface area contributed by atoms with Gasteiger partial charge < -0.3 is 9.94 Å². The molecule has 0 aliphatic rings. The number of nitrogens with one attached hydrogen (secondary N) is 1. The van der Waals surface area contributed by atoms with Gasteiger partial charge in [-0.15, -0.1) is 0 Å². The number of rotatable bonds is 8. The van der Waals surface area contributed by atoms with Crippen LogP contribution >= 0.6 is 0 Å². The minimum Gasteiger partial charge on any atom is -0.507 e. The van der Waals surface area contributed by atoms with Crippen LogP contribution in [0.2, 0.25) is 0 Å². The Labute approximate surface area is 182 Å². The fraction of sp³-hybridized carbons (Fsp3) is 0.381. The van der Waals surface area contributed by atoms with E-state index in [2.05, 4.69) is 10.6 Å². The van der Waals surface area contributed by atoms with Gasteiger partial charge in [-0.1, -0.05) is 19.0 Å². The molecule has 0 spiro atoms. The summed E-state index contributed by atoms with van der Waals surface area (Å²) in [6.45, 7) is 7.41. The topological polar surface area (TPSA) is 132 Å². The zero-order valence-electron chi connectivity index (χ0n) is 18.4. The van der Waals surface area contributed by atoms with Crippen LogP contribution in [-0.2, 0) is 16.2 Å². The van der Waals surface area contributed by atoms with Gasteiger partial charge in [-0.3, -0.25) is 24.4 Å². The molecule has 2 aromatic rings. The van der Waals surface area contributed by atoms with Gasteiger partial charge in [0.2, 0.25) is 5.91 Å². The molecule has 1 aromatic carbocycles. The molecule has 0 bridgehead atoms. The third kappa shape index (κ3) is 5.68. The lowest BCUT2D eigenvalue weighted by Gasteiger charge is -2.15. The number of hydrogen-bond donors (Lipinski definition) is 2. The Hall–Kier alpha value is -3.76. The standard InChI is InChI=1S/C21H25FN4O6/c1-11(2)19(29)23-26-20(30)16(13(5)24-32-12(3)4)9-25(21(26)31)10-18(28)15-8-14(22)6-7-17(15)27/h6-9,11-12,27H,10H2,1-5H3,(H,23,29)/b24-13+. The van der Waals surface area contributed by atoms with E-state index >= 15 is 0 Å². The third-order valence-corrected chi connectivity index (χ3v) is 4.26. The van der Waals surface area contributed by atoms with E-state index < -0.39 is 47.0 Å². The van der Waals surface area contributed by atoms with Crippen LogP contribution in [-0.4, -0.2) is 37.9 Å². The van der Waals surface area contributed by atoms with Crippen molar-refractivity contribution in [1.29, 1.82) is 0 Å². The third-order valence-electron chi connectivity index (χ3n) is 4.26. The van der Waals surface area contributed by atoms with Gasteiger partial charge >= 0.3 is 5.69 Å². The number of halogens is 1. The molecule has 10 nitrogen and oxygen atoms in total. The molecule has 0 fully saturated rings. The van der Waals surface area contributed by atoms with Crippen molar-refractivity contribution in [2.45, 2.75) is 47.3 Å². The molecule has 2 N–H and O–H groups in total. The number of benzene rings is 1. The van der Waals surface area contributed by atoms with Crippen molar-refractivity contribution in [3.8, 4) is 5.75 Å². The lowest BCUT2D eigenvalue weighted by atomic mass is 10.1. The van der Waals surface area contributed by atoms with E-state index in [1.165, 1.54) is 6.92 Å². The van der Waals surface area contributed by atoms with Gasteiger partial charge in [0.25, 0.3) is 5.56 Å². The number of oxime groups is 1. The van der Waals surface area contributed by atoms with Crippen LogP contribution in [0, 0.1) is 11.7 Å². The van der Waals surface area contributed by atoms with Crippen LogP contribution < -0.4 is 16.7 Å². The van der Waals surface area contributed by atoms with Gasteiger partial charge in [0, 0.05) is 12.1 Å². The first-order valence-electron chi connectivity index (χ1n) is 9.82. The number of phenolic OH excluding ortho intramolecular Hbond substituents is 1. The quantitative estimate of drug-likeness (QED) is 0.358. The second kappa shape index (κ2) is 10.0. The summed E-state index contributed by atoms with van der Waals surface area (Å²) in [5, 5.41) is 13.7. The Morgan fingerprint density at radius 2 is 1.84 bits per heavy atom. The average Bonchev–Trinajstić information content (AvgIpc) is 2.72. The monoisotopic (exact) mass is 448 g/mol. The summed E-state index contributed by atoms with van der Waals surface area (Å²) in [5.41, 5.74) is 0.0163. The van der Waals surface area contributed by atoms with Gasteiger partial charge in [-0.05, 0) is 39.0 Å². The fourth-order valence-corrected chi connectivity index (χ4v) is 2.51. The first-order valence-corrected chi connectivity index (χ1v) is 9.82. The Morgan fingerprint density at radius 3 is 2.44 bits per heavy atom. The molecule has 0 saturated carbocycles. The van der Waals surface area contributed by atoms with Crippen molar-refractivity contribution in [2.75, 3.05) is 5.43 Å². The molecule has 0 aliphatic heterocycles. The van der Waals surface area contributed by atoms with Gasteiger partial charge in [-0.25, -0.2) is 9.18 Å². The van der Waals surface area contributed by atoms with Crippen LogP contribution in [0.4, 0.5) is 4.39 Å².